The van der Waals surface area contributed by atoms with Crippen molar-refractivity contribution >= 4 is 36.2 Å². The van der Waals surface area contributed by atoms with Gasteiger partial charge in [-0.15, -0.1) is 0 Å². The Morgan fingerprint density at radius 1 is 1.24 bits per heavy atom. The molecular formula is C25H32N4O5. The van der Waals surface area contributed by atoms with Crippen molar-refractivity contribution in [2.45, 2.75) is 45.1 Å². The van der Waals surface area contributed by atoms with Crippen molar-refractivity contribution in [1.82, 2.24) is 9.47 Å². The van der Waals surface area contributed by atoms with Crippen LogP contribution in [-0.4, -0.2) is 60.6 Å². The number of anilines is 1. The number of likely N-dealkylation sites (tertiary alicyclic amines) is 1. The highest BCUT2D eigenvalue weighted by Crippen LogP contribution is 2.35. The Hall–Kier alpha value is -3.62. The van der Waals surface area contributed by atoms with Crippen LogP contribution in [0.4, 0.5) is 11.4 Å². The van der Waals surface area contributed by atoms with Crippen molar-refractivity contribution in [3.63, 3.8) is 0 Å². The molecule has 1 unspecified atom stereocenters. The summed E-state index contributed by atoms with van der Waals surface area (Å²) in [5.74, 6) is 0.994. The van der Waals surface area contributed by atoms with Crippen molar-refractivity contribution in [1.29, 1.82) is 0 Å². The van der Waals surface area contributed by atoms with E-state index >= 15 is 0 Å². The van der Waals surface area contributed by atoms with E-state index < -0.39 is 0 Å². The summed E-state index contributed by atoms with van der Waals surface area (Å²) in [4.78, 5) is 40.8. The first-order valence-corrected chi connectivity index (χ1v) is 11.4. The Kier molecular flexibility index (Phi) is 8.84. The van der Waals surface area contributed by atoms with E-state index in [9.17, 15) is 14.4 Å². The summed E-state index contributed by atoms with van der Waals surface area (Å²) in [6.07, 6.45) is 8.93. The predicted octanol–water partition coefficient (Wildman–Crippen LogP) is 3.67. The largest absolute Gasteiger partial charge is 0.493 e. The van der Waals surface area contributed by atoms with Gasteiger partial charge in [0.25, 0.3) is 0 Å². The van der Waals surface area contributed by atoms with Gasteiger partial charge in [-0.3, -0.25) is 19.4 Å². The summed E-state index contributed by atoms with van der Waals surface area (Å²) in [6, 6.07) is 5.32. The molecule has 0 aliphatic carbocycles. The third-order valence-electron chi connectivity index (χ3n) is 5.85. The zero-order chi connectivity index (χ0) is 24.5. The van der Waals surface area contributed by atoms with Crippen LogP contribution >= 0.6 is 0 Å². The summed E-state index contributed by atoms with van der Waals surface area (Å²) in [5.41, 5.74) is 2.76. The zero-order valence-corrected chi connectivity index (χ0v) is 20.0. The van der Waals surface area contributed by atoms with E-state index in [4.69, 9.17) is 9.47 Å². The van der Waals surface area contributed by atoms with Crippen molar-refractivity contribution < 1.29 is 23.9 Å². The van der Waals surface area contributed by atoms with Crippen LogP contribution in [0.25, 0.3) is 0 Å². The summed E-state index contributed by atoms with van der Waals surface area (Å²) in [7, 11) is 3.32. The SMILES string of the molecule is COc1cc(C)c(N=CC2CCCCN2C=O)cc1OCCCC(=O)Nc1cc(C=O)n(C)c1. The fourth-order valence-corrected chi connectivity index (χ4v) is 3.90. The molecule has 34 heavy (non-hydrogen) atoms. The number of amides is 2. The van der Waals surface area contributed by atoms with Crippen LogP contribution in [0.3, 0.4) is 0 Å². The molecule has 1 aliphatic heterocycles. The number of aryl methyl sites for hydroxylation is 2. The van der Waals surface area contributed by atoms with Gasteiger partial charge in [-0.05, 0) is 50.3 Å². The predicted molar refractivity (Wildman–Crippen MR) is 130 cm³/mol. The molecule has 0 radical (unpaired) electrons. The Morgan fingerprint density at radius 2 is 2.06 bits per heavy atom. The number of aliphatic imine (C=N–C) groups is 1. The normalized spacial score (nSPS) is 15.9. The molecule has 9 nitrogen and oxygen atoms in total. The molecule has 1 fully saturated rings. The minimum absolute atomic E-state index is 0.00265. The van der Waals surface area contributed by atoms with Crippen LogP contribution in [0.5, 0.6) is 11.5 Å². The van der Waals surface area contributed by atoms with Crippen LogP contribution < -0.4 is 14.8 Å². The fraction of sp³-hybridized carbons (Fsp3) is 0.440. The van der Waals surface area contributed by atoms with Gasteiger partial charge in [0.1, 0.15) is 0 Å². The first-order chi connectivity index (χ1) is 16.4. The molecule has 2 amide bonds. The van der Waals surface area contributed by atoms with E-state index in [1.54, 1.807) is 35.9 Å². The quantitative estimate of drug-likeness (QED) is 0.308. The molecule has 182 valence electrons. The average Bonchev–Trinajstić information content (AvgIpc) is 3.20. The number of hydrogen-bond donors (Lipinski definition) is 1. The van der Waals surface area contributed by atoms with Crippen LogP contribution in [-0.2, 0) is 16.6 Å². The van der Waals surface area contributed by atoms with Gasteiger partial charge in [0.15, 0.2) is 17.8 Å². The van der Waals surface area contributed by atoms with Gasteiger partial charge < -0.3 is 24.3 Å². The molecule has 2 aromatic rings. The second kappa shape index (κ2) is 12.0. The Bertz CT molecular complexity index is 1050. The first kappa shape index (κ1) is 25.0. The standard InChI is InChI=1S/C25H32N4O5/c1-18-11-23(33-3)24(13-22(18)26-14-20-7-4-5-9-29(20)17-31)34-10-6-8-25(32)27-19-12-21(16-30)28(2)15-19/h11-17,20H,4-10H2,1-3H3,(H,27,32). The van der Waals surface area contributed by atoms with Gasteiger partial charge >= 0.3 is 0 Å². The number of carbonyl (C=O) groups excluding carboxylic acids is 3. The number of aromatic nitrogens is 1. The highest BCUT2D eigenvalue weighted by molar-refractivity contribution is 5.91. The minimum Gasteiger partial charge on any atom is -0.493 e. The van der Waals surface area contributed by atoms with Crippen molar-refractivity contribution in [2.75, 3.05) is 25.6 Å². The van der Waals surface area contributed by atoms with E-state index in [1.165, 1.54) is 0 Å². The molecule has 0 bridgehead atoms. The maximum Gasteiger partial charge on any atom is 0.224 e. The molecule has 3 rings (SSSR count). The third-order valence-corrected chi connectivity index (χ3v) is 5.85. The Morgan fingerprint density at radius 3 is 2.76 bits per heavy atom. The number of methoxy groups -OCH3 is 1. The highest BCUT2D eigenvalue weighted by atomic mass is 16.5. The first-order valence-electron chi connectivity index (χ1n) is 11.4. The molecular weight excluding hydrogens is 436 g/mol. The molecule has 0 saturated carbocycles. The topological polar surface area (TPSA) is 102 Å². The van der Waals surface area contributed by atoms with Crippen molar-refractivity contribution in [2.24, 2.45) is 12.0 Å². The van der Waals surface area contributed by atoms with Crippen molar-refractivity contribution in [3.05, 3.63) is 35.7 Å². The number of aldehydes is 1. The molecule has 1 aliphatic rings. The lowest BCUT2D eigenvalue weighted by molar-refractivity contribution is -0.120. The number of rotatable bonds is 11. The van der Waals surface area contributed by atoms with Gasteiger partial charge in [0.2, 0.25) is 12.3 Å². The number of piperidine rings is 1. The molecule has 1 N–H and O–H groups in total. The maximum absolute atomic E-state index is 12.2. The maximum atomic E-state index is 12.2. The van der Waals surface area contributed by atoms with Crippen LogP contribution in [0.15, 0.2) is 29.4 Å². The van der Waals surface area contributed by atoms with Gasteiger partial charge in [0, 0.05) is 38.5 Å². The van der Waals surface area contributed by atoms with Gasteiger partial charge in [0.05, 0.1) is 36.8 Å². The van der Waals surface area contributed by atoms with E-state index in [0.717, 1.165) is 49.8 Å². The lowest BCUT2D eigenvalue weighted by Gasteiger charge is -2.29. The summed E-state index contributed by atoms with van der Waals surface area (Å²) < 4.78 is 13.0. The molecule has 1 aromatic heterocycles. The Labute approximate surface area is 199 Å². The van der Waals surface area contributed by atoms with Crippen molar-refractivity contribution in [3.8, 4) is 11.5 Å². The minimum atomic E-state index is -0.153. The number of nitrogens with zero attached hydrogens (tertiary/aromatic N) is 3. The highest BCUT2D eigenvalue weighted by Gasteiger charge is 2.19. The molecule has 1 saturated heterocycles. The number of nitrogens with one attached hydrogen (secondary N) is 1. The lowest BCUT2D eigenvalue weighted by atomic mass is 10.0. The van der Waals surface area contributed by atoms with E-state index in [0.29, 0.717) is 35.9 Å². The second-order valence-corrected chi connectivity index (χ2v) is 8.36. The van der Waals surface area contributed by atoms with Crippen LogP contribution in [0.2, 0.25) is 0 Å². The number of benzene rings is 1. The zero-order valence-electron chi connectivity index (χ0n) is 20.0. The fourth-order valence-electron chi connectivity index (χ4n) is 3.90. The summed E-state index contributed by atoms with van der Waals surface area (Å²) >= 11 is 0. The average molecular weight is 469 g/mol. The summed E-state index contributed by atoms with van der Waals surface area (Å²) in [6.45, 7) is 3.03. The monoisotopic (exact) mass is 468 g/mol. The van der Waals surface area contributed by atoms with Crippen LogP contribution in [0.1, 0.15) is 48.2 Å². The number of ether oxygens (including phenoxy) is 2. The lowest BCUT2D eigenvalue weighted by Crippen LogP contribution is -2.39. The van der Waals surface area contributed by atoms with Crippen LogP contribution in [0, 0.1) is 6.92 Å². The molecule has 9 heteroatoms. The van der Waals surface area contributed by atoms with E-state index in [1.807, 2.05) is 25.3 Å². The smallest absolute Gasteiger partial charge is 0.224 e. The molecule has 0 spiro atoms. The number of hydrogen-bond acceptors (Lipinski definition) is 6. The molecule has 1 atom stereocenters. The summed E-state index contributed by atoms with van der Waals surface area (Å²) in [5, 5.41) is 2.78. The van der Waals surface area contributed by atoms with E-state index in [-0.39, 0.29) is 18.4 Å². The Balaban J connectivity index is 1.57. The van der Waals surface area contributed by atoms with Gasteiger partial charge in [-0.1, -0.05) is 0 Å². The second-order valence-electron chi connectivity index (χ2n) is 8.36. The number of carbonyl (C=O) groups is 3. The third kappa shape index (κ3) is 6.46. The van der Waals surface area contributed by atoms with E-state index in [2.05, 4.69) is 10.3 Å². The van der Waals surface area contributed by atoms with Gasteiger partial charge in [-0.25, -0.2) is 0 Å². The molecule has 1 aromatic carbocycles. The molecule has 2 heterocycles. The van der Waals surface area contributed by atoms with Gasteiger partial charge in [-0.2, -0.15) is 0 Å².